The third-order valence-electron chi connectivity index (χ3n) is 3.86. The summed E-state index contributed by atoms with van der Waals surface area (Å²) >= 11 is 1.32. The van der Waals surface area contributed by atoms with Gasteiger partial charge in [0.1, 0.15) is 0 Å². The molecule has 0 bridgehead atoms. The van der Waals surface area contributed by atoms with E-state index in [1.165, 1.54) is 50.7 Å². The minimum absolute atomic E-state index is 0.119. The van der Waals surface area contributed by atoms with Crippen molar-refractivity contribution in [1.29, 1.82) is 0 Å². The Bertz CT molecular complexity index is 329. The molecule has 0 aromatic carbocycles. The molecule has 2 fully saturated rings. The Balaban J connectivity index is 1.60. The molecule has 2 saturated heterocycles. The highest BCUT2D eigenvalue weighted by molar-refractivity contribution is 8.14. The molecule has 0 saturated carbocycles. The van der Waals surface area contributed by atoms with Crippen LogP contribution in [0.4, 0.5) is 0 Å². The second-order valence-electron chi connectivity index (χ2n) is 5.53. The van der Waals surface area contributed by atoms with Gasteiger partial charge in [0.2, 0.25) is 5.91 Å². The number of hydrogen-bond acceptors (Lipinski definition) is 4. The normalized spacial score (nSPS) is 24.4. The first-order chi connectivity index (χ1) is 9.15. The monoisotopic (exact) mass is 284 g/mol. The van der Waals surface area contributed by atoms with E-state index < -0.39 is 0 Å². The fraction of sp³-hybridized carbons (Fsp3) is 0.857. The molecule has 4 nitrogen and oxygen atoms in total. The Labute approximate surface area is 119 Å². The minimum atomic E-state index is 0.119. The number of hydrogen-bond donors (Lipinski definition) is 0. The second-order valence-corrected chi connectivity index (χ2v) is 7.01. The van der Waals surface area contributed by atoms with Crippen LogP contribution in [0, 0.1) is 0 Å². The number of carbonyl (C=O) groups excluding carboxylic acids is 2. The van der Waals surface area contributed by atoms with Crippen LogP contribution in [-0.2, 0) is 9.59 Å². The summed E-state index contributed by atoms with van der Waals surface area (Å²) in [4.78, 5) is 27.3. The van der Waals surface area contributed by atoms with Crippen LogP contribution in [-0.4, -0.2) is 58.8 Å². The van der Waals surface area contributed by atoms with Gasteiger partial charge in [0.25, 0.3) is 0 Å². The Morgan fingerprint density at radius 1 is 1.26 bits per heavy atom. The van der Waals surface area contributed by atoms with Crippen LogP contribution in [0.15, 0.2) is 0 Å². The van der Waals surface area contributed by atoms with Crippen molar-refractivity contribution in [3.63, 3.8) is 0 Å². The lowest BCUT2D eigenvalue weighted by molar-refractivity contribution is -0.127. The maximum Gasteiger partial charge on any atom is 0.223 e. The predicted octanol–water partition coefficient (Wildman–Crippen LogP) is 1.74. The van der Waals surface area contributed by atoms with Crippen LogP contribution in [0.1, 0.15) is 39.0 Å². The van der Waals surface area contributed by atoms with Gasteiger partial charge in [-0.05, 0) is 45.3 Å². The maximum atomic E-state index is 11.8. The zero-order valence-electron chi connectivity index (χ0n) is 11.8. The van der Waals surface area contributed by atoms with Crippen molar-refractivity contribution in [2.24, 2.45) is 0 Å². The summed E-state index contributed by atoms with van der Waals surface area (Å²) in [5.74, 6) is 0.222. The topological polar surface area (TPSA) is 40.6 Å². The van der Waals surface area contributed by atoms with Crippen LogP contribution >= 0.6 is 11.8 Å². The molecule has 0 aromatic heterocycles. The van der Waals surface area contributed by atoms with Crippen molar-refractivity contribution in [3.05, 3.63) is 0 Å². The zero-order chi connectivity index (χ0) is 13.7. The number of nitrogens with zero attached hydrogens (tertiary/aromatic N) is 2. The van der Waals surface area contributed by atoms with Crippen molar-refractivity contribution in [3.8, 4) is 0 Å². The molecule has 0 spiro atoms. The third kappa shape index (κ3) is 4.80. The summed E-state index contributed by atoms with van der Waals surface area (Å²) < 4.78 is 0. The Hall–Kier alpha value is -0.550. The summed E-state index contributed by atoms with van der Waals surface area (Å²) in [7, 11) is 0. The molecule has 2 aliphatic rings. The highest BCUT2D eigenvalue weighted by Gasteiger charge is 2.30. The lowest BCUT2D eigenvalue weighted by atomic mass is 10.3. The Morgan fingerprint density at radius 2 is 1.95 bits per heavy atom. The number of rotatable bonds is 6. The smallest absolute Gasteiger partial charge is 0.223 e. The van der Waals surface area contributed by atoms with Gasteiger partial charge in [0, 0.05) is 31.7 Å². The van der Waals surface area contributed by atoms with Gasteiger partial charge in [-0.2, -0.15) is 0 Å². The minimum Gasteiger partial charge on any atom is -0.342 e. The van der Waals surface area contributed by atoms with E-state index in [0.29, 0.717) is 6.42 Å². The average Bonchev–Trinajstić information content (AvgIpc) is 2.94. The first-order valence-corrected chi connectivity index (χ1v) is 8.20. The van der Waals surface area contributed by atoms with Gasteiger partial charge in [-0.25, -0.2) is 0 Å². The van der Waals surface area contributed by atoms with Gasteiger partial charge in [-0.3, -0.25) is 9.59 Å². The summed E-state index contributed by atoms with van der Waals surface area (Å²) in [6.07, 6.45) is 5.48. The molecule has 5 heteroatoms. The van der Waals surface area contributed by atoms with E-state index in [0.717, 1.165) is 19.5 Å². The van der Waals surface area contributed by atoms with Crippen molar-refractivity contribution in [2.45, 2.75) is 44.3 Å². The highest BCUT2D eigenvalue weighted by Crippen LogP contribution is 2.24. The molecule has 1 amide bonds. The van der Waals surface area contributed by atoms with E-state index >= 15 is 0 Å². The predicted molar refractivity (Wildman–Crippen MR) is 78.2 cm³/mol. The summed E-state index contributed by atoms with van der Waals surface area (Å²) in [5, 5.41) is 0.303. The lowest BCUT2D eigenvalue weighted by Gasteiger charge is -2.18. The lowest BCUT2D eigenvalue weighted by Crippen LogP contribution is -2.28. The van der Waals surface area contributed by atoms with E-state index in [4.69, 9.17) is 0 Å². The largest absolute Gasteiger partial charge is 0.342 e. The van der Waals surface area contributed by atoms with Crippen molar-refractivity contribution >= 4 is 22.8 Å². The summed E-state index contributed by atoms with van der Waals surface area (Å²) in [6.45, 7) is 6.87. The SMILES string of the molecule is CC(=O)SC1CC(=O)N(CCCCN2CCCC2)C1. The second kappa shape index (κ2) is 7.29. The van der Waals surface area contributed by atoms with Gasteiger partial charge >= 0.3 is 0 Å². The Morgan fingerprint density at radius 3 is 2.63 bits per heavy atom. The number of amides is 1. The summed E-state index contributed by atoms with van der Waals surface area (Å²) in [6, 6.07) is 0. The molecule has 1 atom stereocenters. The highest BCUT2D eigenvalue weighted by atomic mass is 32.2. The van der Waals surface area contributed by atoms with E-state index in [9.17, 15) is 9.59 Å². The molecule has 2 rings (SSSR count). The van der Waals surface area contributed by atoms with E-state index in [1.54, 1.807) is 6.92 Å². The molecule has 108 valence electrons. The van der Waals surface area contributed by atoms with E-state index in [1.807, 2.05) is 4.90 Å². The standard InChI is InChI=1S/C14H24N2O2S/c1-12(17)19-13-10-14(18)16(11-13)9-5-4-8-15-6-2-3-7-15/h13H,2-11H2,1H3. The summed E-state index contributed by atoms with van der Waals surface area (Å²) in [5.41, 5.74) is 0. The number of unbranched alkanes of at least 4 members (excludes halogenated alkanes) is 1. The van der Waals surface area contributed by atoms with Crippen LogP contribution in [0.5, 0.6) is 0 Å². The maximum absolute atomic E-state index is 11.8. The number of carbonyl (C=O) groups is 2. The van der Waals surface area contributed by atoms with Crippen LogP contribution in [0.2, 0.25) is 0 Å². The molecule has 0 aromatic rings. The molecule has 2 aliphatic heterocycles. The molecule has 2 heterocycles. The molecule has 1 unspecified atom stereocenters. The Kier molecular flexibility index (Phi) is 5.70. The first-order valence-electron chi connectivity index (χ1n) is 7.32. The number of thioether (sulfide) groups is 1. The fourth-order valence-corrected chi connectivity index (χ4v) is 3.86. The van der Waals surface area contributed by atoms with Gasteiger partial charge in [0.15, 0.2) is 5.12 Å². The van der Waals surface area contributed by atoms with Gasteiger partial charge in [-0.1, -0.05) is 11.8 Å². The van der Waals surface area contributed by atoms with Gasteiger partial charge in [0.05, 0.1) is 0 Å². The van der Waals surface area contributed by atoms with Crippen LogP contribution in [0.25, 0.3) is 0 Å². The average molecular weight is 284 g/mol. The molecular formula is C14H24N2O2S. The quantitative estimate of drug-likeness (QED) is 0.697. The molecule has 19 heavy (non-hydrogen) atoms. The molecule has 0 radical (unpaired) electrons. The van der Waals surface area contributed by atoms with Gasteiger partial charge < -0.3 is 9.80 Å². The van der Waals surface area contributed by atoms with Crippen molar-refractivity contribution < 1.29 is 9.59 Å². The van der Waals surface area contributed by atoms with Crippen LogP contribution in [0.3, 0.4) is 0 Å². The number of likely N-dealkylation sites (tertiary alicyclic amines) is 2. The zero-order valence-corrected chi connectivity index (χ0v) is 12.6. The molecule has 0 N–H and O–H groups in total. The van der Waals surface area contributed by atoms with Crippen LogP contribution < -0.4 is 0 Å². The third-order valence-corrected chi connectivity index (χ3v) is 4.84. The van der Waals surface area contributed by atoms with E-state index in [2.05, 4.69) is 4.90 Å². The fourth-order valence-electron chi connectivity index (χ4n) is 2.91. The van der Waals surface area contributed by atoms with Crippen molar-refractivity contribution in [2.75, 3.05) is 32.7 Å². The van der Waals surface area contributed by atoms with E-state index in [-0.39, 0.29) is 16.3 Å². The molecular weight excluding hydrogens is 260 g/mol. The first kappa shape index (κ1) is 14.9. The molecule has 0 aliphatic carbocycles. The van der Waals surface area contributed by atoms with Gasteiger partial charge in [-0.15, -0.1) is 0 Å². The van der Waals surface area contributed by atoms with Crippen molar-refractivity contribution in [1.82, 2.24) is 9.80 Å².